The molecule has 2 aromatic rings. The molecule has 0 spiro atoms. The fourth-order valence-corrected chi connectivity index (χ4v) is 5.72. The van der Waals surface area contributed by atoms with Gasteiger partial charge in [0.2, 0.25) is 5.91 Å². The van der Waals surface area contributed by atoms with Gasteiger partial charge in [0.25, 0.3) is 5.91 Å². The predicted octanol–water partition coefficient (Wildman–Crippen LogP) is 3.41. The van der Waals surface area contributed by atoms with Gasteiger partial charge >= 0.3 is 6.09 Å². The lowest BCUT2D eigenvalue weighted by atomic mass is 9.97. The number of carbonyl (C=O) groups excluding carboxylic acids is 3. The highest BCUT2D eigenvalue weighted by Gasteiger charge is 2.49. The number of hydrogen-bond donors (Lipinski definition) is 3. The fourth-order valence-electron chi connectivity index (χ4n) is 4.58. The number of carbonyl (C=O) groups is 3. The number of aliphatic hydroxyl groups excluding tert-OH is 1. The average Bonchev–Trinajstić information content (AvgIpc) is 3.26. The second-order valence-corrected chi connectivity index (χ2v) is 12.2. The molecule has 1 saturated heterocycles. The van der Waals surface area contributed by atoms with Crippen molar-refractivity contribution >= 4 is 29.7 Å². The van der Waals surface area contributed by atoms with Gasteiger partial charge in [0.05, 0.1) is 24.6 Å². The standard InChI is InChI=1S/C30H41N3O6S/c1-20-11-9-10-14-23(20)18-31-27(35)26-30(3,4)40-19-33(26)28(36)25(34)24(17-22-12-7-6-8-13-22)32-29(37)39-16-15-21(2)38-5/h6-14,21,24-26,34H,15-19H2,1-5H3,(H,31,35)(H,32,37). The summed E-state index contributed by atoms with van der Waals surface area (Å²) in [7, 11) is 1.58. The average molecular weight is 572 g/mol. The summed E-state index contributed by atoms with van der Waals surface area (Å²) in [4.78, 5) is 41.1. The van der Waals surface area contributed by atoms with Crippen molar-refractivity contribution in [2.45, 2.75) is 76.1 Å². The highest BCUT2D eigenvalue weighted by atomic mass is 32.2. The van der Waals surface area contributed by atoms with Crippen molar-refractivity contribution in [1.82, 2.24) is 15.5 Å². The second-order valence-electron chi connectivity index (χ2n) is 10.6. The molecular formula is C30H41N3O6S. The SMILES string of the molecule is COC(C)CCOC(=O)NC(Cc1ccccc1)C(O)C(=O)N1CSC(C)(C)C1C(=O)NCc1ccccc1C. The van der Waals surface area contributed by atoms with Gasteiger partial charge in [0, 0.05) is 24.8 Å². The van der Waals surface area contributed by atoms with Crippen LogP contribution >= 0.6 is 11.8 Å². The van der Waals surface area contributed by atoms with Crippen LogP contribution in [0.2, 0.25) is 0 Å². The Morgan fingerprint density at radius 3 is 2.48 bits per heavy atom. The summed E-state index contributed by atoms with van der Waals surface area (Å²) in [5.74, 6) is -0.677. The van der Waals surface area contributed by atoms with E-state index < -0.39 is 34.9 Å². The van der Waals surface area contributed by atoms with Gasteiger partial charge in [0.1, 0.15) is 6.04 Å². The number of nitrogens with one attached hydrogen (secondary N) is 2. The normalized spacial score (nSPS) is 18.4. The van der Waals surface area contributed by atoms with E-state index in [4.69, 9.17) is 9.47 Å². The van der Waals surface area contributed by atoms with Gasteiger partial charge in [-0.3, -0.25) is 9.59 Å². The number of thioether (sulfide) groups is 1. The molecule has 218 valence electrons. The Morgan fingerprint density at radius 1 is 1.12 bits per heavy atom. The summed E-state index contributed by atoms with van der Waals surface area (Å²) in [6.45, 7) is 8.13. The number of amides is 3. The van der Waals surface area contributed by atoms with Crippen molar-refractivity contribution in [3.05, 3.63) is 71.3 Å². The Balaban J connectivity index is 1.74. The molecule has 3 N–H and O–H groups in total. The van der Waals surface area contributed by atoms with E-state index in [9.17, 15) is 19.5 Å². The lowest BCUT2D eigenvalue weighted by Gasteiger charge is -2.33. The van der Waals surface area contributed by atoms with Gasteiger partial charge in [0.15, 0.2) is 6.10 Å². The van der Waals surface area contributed by atoms with Crippen LogP contribution in [0.1, 0.15) is 43.9 Å². The van der Waals surface area contributed by atoms with Gasteiger partial charge in [-0.2, -0.15) is 0 Å². The van der Waals surface area contributed by atoms with Crippen LogP contribution in [-0.2, 0) is 32.0 Å². The van der Waals surface area contributed by atoms with Crippen molar-refractivity contribution < 1.29 is 29.0 Å². The Bertz CT molecular complexity index is 1150. The zero-order valence-electron chi connectivity index (χ0n) is 23.9. The zero-order chi connectivity index (χ0) is 29.3. The second kappa shape index (κ2) is 14.5. The Morgan fingerprint density at radius 2 is 1.80 bits per heavy atom. The van der Waals surface area contributed by atoms with E-state index in [1.165, 1.54) is 16.7 Å². The van der Waals surface area contributed by atoms with E-state index in [2.05, 4.69) is 10.6 Å². The quantitative estimate of drug-likeness (QED) is 0.357. The fraction of sp³-hybridized carbons (Fsp3) is 0.500. The molecule has 3 rings (SSSR count). The molecule has 1 heterocycles. The molecule has 0 aliphatic carbocycles. The van der Waals surface area contributed by atoms with Crippen molar-refractivity contribution in [2.24, 2.45) is 0 Å². The van der Waals surface area contributed by atoms with Crippen LogP contribution in [0.4, 0.5) is 4.79 Å². The molecule has 40 heavy (non-hydrogen) atoms. The first-order valence-corrected chi connectivity index (χ1v) is 14.5. The summed E-state index contributed by atoms with van der Waals surface area (Å²) in [6.07, 6.45) is -1.70. The highest BCUT2D eigenvalue weighted by molar-refractivity contribution is 8.00. The first-order valence-electron chi connectivity index (χ1n) is 13.5. The smallest absolute Gasteiger partial charge is 0.407 e. The van der Waals surface area contributed by atoms with Crippen LogP contribution in [0.15, 0.2) is 54.6 Å². The minimum atomic E-state index is -1.59. The molecule has 0 aromatic heterocycles. The summed E-state index contributed by atoms with van der Waals surface area (Å²) in [6, 6.07) is 15.3. The number of alkyl carbamates (subject to hydrolysis) is 1. The van der Waals surface area contributed by atoms with E-state index in [1.807, 2.05) is 82.3 Å². The minimum absolute atomic E-state index is 0.0787. The maximum atomic E-state index is 13.7. The summed E-state index contributed by atoms with van der Waals surface area (Å²) < 4.78 is 9.88. The largest absolute Gasteiger partial charge is 0.449 e. The van der Waals surface area contributed by atoms with E-state index >= 15 is 0 Å². The first-order chi connectivity index (χ1) is 19.0. The molecule has 4 atom stereocenters. The van der Waals surface area contributed by atoms with Crippen LogP contribution < -0.4 is 10.6 Å². The van der Waals surface area contributed by atoms with Gasteiger partial charge in [-0.05, 0) is 50.8 Å². The van der Waals surface area contributed by atoms with Crippen LogP contribution in [-0.4, -0.2) is 76.5 Å². The molecule has 0 saturated carbocycles. The van der Waals surface area contributed by atoms with Crippen LogP contribution in [0, 0.1) is 6.92 Å². The molecule has 10 heteroatoms. The summed E-state index contributed by atoms with van der Waals surface area (Å²) in [5.41, 5.74) is 2.88. The molecule has 0 radical (unpaired) electrons. The number of rotatable bonds is 12. The molecule has 0 bridgehead atoms. The van der Waals surface area contributed by atoms with Crippen LogP contribution in [0.25, 0.3) is 0 Å². The third-order valence-electron chi connectivity index (χ3n) is 7.19. The minimum Gasteiger partial charge on any atom is -0.449 e. The van der Waals surface area contributed by atoms with Gasteiger partial charge < -0.3 is 30.1 Å². The van der Waals surface area contributed by atoms with E-state index in [-0.39, 0.29) is 30.9 Å². The zero-order valence-corrected chi connectivity index (χ0v) is 24.7. The summed E-state index contributed by atoms with van der Waals surface area (Å²) in [5, 5.41) is 16.9. The number of benzene rings is 2. The number of methoxy groups -OCH3 is 1. The topological polar surface area (TPSA) is 117 Å². The third kappa shape index (κ3) is 8.46. The first kappa shape index (κ1) is 31.4. The Kier molecular flexibility index (Phi) is 11.4. The Labute approximate surface area is 241 Å². The van der Waals surface area contributed by atoms with Gasteiger partial charge in [-0.25, -0.2) is 4.79 Å². The lowest BCUT2D eigenvalue weighted by Crippen LogP contribution is -2.58. The van der Waals surface area contributed by atoms with Crippen molar-refractivity contribution in [1.29, 1.82) is 0 Å². The van der Waals surface area contributed by atoms with Crippen LogP contribution in [0.5, 0.6) is 0 Å². The van der Waals surface area contributed by atoms with E-state index in [1.54, 1.807) is 7.11 Å². The molecule has 9 nitrogen and oxygen atoms in total. The molecule has 4 unspecified atom stereocenters. The molecule has 1 aliphatic heterocycles. The molecule has 1 fully saturated rings. The number of ether oxygens (including phenoxy) is 2. The van der Waals surface area contributed by atoms with Gasteiger partial charge in [-0.15, -0.1) is 11.8 Å². The lowest BCUT2D eigenvalue weighted by molar-refractivity contribution is -0.147. The van der Waals surface area contributed by atoms with E-state index in [0.717, 1.165) is 16.7 Å². The number of hydrogen-bond acceptors (Lipinski definition) is 7. The van der Waals surface area contributed by atoms with Crippen molar-refractivity contribution in [2.75, 3.05) is 19.6 Å². The predicted molar refractivity (Wildman–Crippen MR) is 156 cm³/mol. The van der Waals surface area contributed by atoms with Gasteiger partial charge in [-0.1, -0.05) is 54.6 Å². The Hall–Kier alpha value is -3.08. The number of nitrogens with zero attached hydrogens (tertiary/aromatic N) is 1. The van der Waals surface area contributed by atoms with Crippen molar-refractivity contribution in [3.8, 4) is 0 Å². The maximum Gasteiger partial charge on any atom is 0.407 e. The highest BCUT2D eigenvalue weighted by Crippen LogP contribution is 2.40. The maximum absolute atomic E-state index is 13.7. The van der Waals surface area contributed by atoms with E-state index in [0.29, 0.717) is 13.0 Å². The van der Waals surface area contributed by atoms with Crippen LogP contribution in [0.3, 0.4) is 0 Å². The molecular weight excluding hydrogens is 530 g/mol. The molecule has 1 aliphatic rings. The number of aryl methyl sites for hydroxylation is 1. The molecule has 2 aromatic carbocycles. The molecule has 3 amide bonds. The van der Waals surface area contributed by atoms with Crippen molar-refractivity contribution in [3.63, 3.8) is 0 Å². The summed E-state index contributed by atoms with van der Waals surface area (Å²) >= 11 is 1.47. The third-order valence-corrected chi connectivity index (χ3v) is 8.56. The number of aliphatic hydroxyl groups is 1. The monoisotopic (exact) mass is 571 g/mol.